The Bertz CT molecular complexity index is 2590. The molecule has 2 N–H and O–H groups in total. The van der Waals surface area contributed by atoms with Gasteiger partial charge in [-0.3, -0.25) is 29.2 Å². The Morgan fingerprint density at radius 1 is 1.12 bits per heavy atom. The van der Waals surface area contributed by atoms with Gasteiger partial charge in [0.15, 0.2) is 18.8 Å². The number of likely N-dealkylation sites (N-methyl/N-ethyl adjacent to an activating group) is 1. The van der Waals surface area contributed by atoms with Crippen molar-refractivity contribution in [2.75, 3.05) is 47.1 Å². The van der Waals surface area contributed by atoms with E-state index in [1.807, 2.05) is 42.4 Å². The molecule has 18 heteroatoms. The van der Waals surface area contributed by atoms with E-state index in [2.05, 4.69) is 60.3 Å². The SMILES string of the molecule is CCn1c(-c2cccnc2[C@H](C)OC)c2c3cc(ccc31)-c1cs[n+](c1)C[C@H](NC(=O)[C@H](C(C)C)N(C)C(=O)N1C[C@H]3C1CCN3C(=O)/C=C/CF)C(=O)N1CCC[C@H](N1)C(=O)OCC(C)(C)C2. The van der Waals surface area contributed by atoms with Crippen LogP contribution in [0.15, 0.2) is 60.3 Å². The second kappa shape index (κ2) is 20.1. The number of pyridine rings is 1. The monoisotopic (exact) mass is 954 g/mol. The molecule has 1 aromatic carbocycles. The largest absolute Gasteiger partial charge is 0.464 e. The summed E-state index contributed by atoms with van der Waals surface area (Å²) in [6, 6.07) is 6.95. The van der Waals surface area contributed by atoms with E-state index < -0.39 is 48.0 Å². The molecule has 68 heavy (non-hydrogen) atoms. The van der Waals surface area contributed by atoms with Gasteiger partial charge in [-0.1, -0.05) is 33.8 Å². The number of aromatic nitrogens is 3. The average molecular weight is 955 g/mol. The molecule has 3 fully saturated rings. The van der Waals surface area contributed by atoms with Gasteiger partial charge in [0.25, 0.3) is 5.91 Å². The van der Waals surface area contributed by atoms with E-state index >= 15 is 0 Å². The van der Waals surface area contributed by atoms with Crippen molar-refractivity contribution in [3.8, 4) is 22.4 Å². The number of nitrogens with one attached hydrogen (secondary N) is 2. The maximum Gasteiger partial charge on any atom is 0.324 e. The molecule has 3 saturated heterocycles. The summed E-state index contributed by atoms with van der Waals surface area (Å²) in [5.74, 6) is -2.00. The Morgan fingerprint density at radius 3 is 2.65 bits per heavy atom. The Balaban J connectivity index is 1.12. The highest BCUT2D eigenvalue weighted by molar-refractivity contribution is 6.99. The van der Waals surface area contributed by atoms with Gasteiger partial charge in [-0.15, -0.1) is 3.96 Å². The van der Waals surface area contributed by atoms with Gasteiger partial charge in [-0.2, -0.15) is 0 Å². The molecule has 4 aromatic rings. The second-order valence-corrected chi connectivity index (χ2v) is 20.5. The fourth-order valence-corrected chi connectivity index (χ4v) is 11.3. The van der Waals surface area contributed by atoms with Crippen LogP contribution in [0.25, 0.3) is 33.3 Å². The van der Waals surface area contributed by atoms with Crippen LogP contribution in [-0.2, 0) is 48.2 Å². The van der Waals surface area contributed by atoms with Crippen LogP contribution < -0.4 is 14.7 Å². The van der Waals surface area contributed by atoms with Crippen LogP contribution in [0.5, 0.6) is 0 Å². The molecule has 1 unspecified atom stereocenters. The minimum atomic E-state index is -1.08. The summed E-state index contributed by atoms with van der Waals surface area (Å²) in [5.41, 5.74) is 9.58. The van der Waals surface area contributed by atoms with Crippen molar-refractivity contribution < 1.29 is 41.8 Å². The summed E-state index contributed by atoms with van der Waals surface area (Å²) in [4.78, 5) is 79.5. The highest BCUT2D eigenvalue weighted by atomic mass is 32.1. The molecule has 8 rings (SSSR count). The number of allylic oxidation sites excluding steroid dienone is 1. The van der Waals surface area contributed by atoms with Gasteiger partial charge < -0.3 is 34.1 Å². The minimum Gasteiger partial charge on any atom is -0.464 e. The molecule has 5 amide bonds. The summed E-state index contributed by atoms with van der Waals surface area (Å²) in [6.07, 6.45) is 8.09. The fourth-order valence-electron chi connectivity index (χ4n) is 10.5. The van der Waals surface area contributed by atoms with Crippen molar-refractivity contribution in [3.05, 3.63) is 71.5 Å². The Morgan fingerprint density at radius 2 is 1.91 bits per heavy atom. The summed E-state index contributed by atoms with van der Waals surface area (Å²) >= 11 is 1.42. The van der Waals surface area contributed by atoms with Crippen LogP contribution in [0.1, 0.15) is 78.2 Å². The zero-order valence-electron chi connectivity index (χ0n) is 40.4. The summed E-state index contributed by atoms with van der Waals surface area (Å²) < 4.78 is 28.9. The molecule has 364 valence electrons. The number of ether oxygens (including phenoxy) is 2. The lowest BCUT2D eigenvalue weighted by atomic mass is 9.84. The number of cyclic esters (lactones) is 1. The molecule has 7 heterocycles. The average Bonchev–Trinajstić information content (AvgIpc) is 4.01. The first kappa shape index (κ1) is 48.7. The normalized spacial score (nSPS) is 22.7. The number of hydrogen-bond donors (Lipinski definition) is 2. The Labute approximate surface area is 401 Å². The summed E-state index contributed by atoms with van der Waals surface area (Å²) in [6.45, 7) is 13.3. The predicted molar refractivity (Wildman–Crippen MR) is 256 cm³/mol. The maximum absolute atomic E-state index is 14.7. The highest BCUT2D eigenvalue weighted by Crippen LogP contribution is 2.42. The lowest BCUT2D eigenvalue weighted by Crippen LogP contribution is -2.68. The number of carbonyl (C=O) groups is 5. The second-order valence-electron chi connectivity index (χ2n) is 19.6. The van der Waals surface area contributed by atoms with Gasteiger partial charge in [0, 0.05) is 74.5 Å². The van der Waals surface area contributed by atoms with Crippen molar-refractivity contribution in [1.82, 2.24) is 40.0 Å². The Hall–Kier alpha value is -5.72. The molecule has 4 aliphatic rings. The number of alkyl halides is 1. The Kier molecular flexibility index (Phi) is 14.4. The van der Waals surface area contributed by atoms with Crippen molar-refractivity contribution in [3.63, 3.8) is 0 Å². The van der Waals surface area contributed by atoms with E-state index in [1.54, 1.807) is 30.2 Å². The van der Waals surface area contributed by atoms with Gasteiger partial charge in [-0.25, -0.2) is 14.6 Å². The zero-order valence-corrected chi connectivity index (χ0v) is 41.2. The van der Waals surface area contributed by atoms with E-state index in [9.17, 15) is 28.4 Å². The lowest BCUT2D eigenvalue weighted by Gasteiger charge is -2.48. The van der Waals surface area contributed by atoms with Crippen LogP contribution in [-0.4, -0.2) is 136 Å². The molecule has 6 atom stereocenters. The number of aryl methyl sites for hydroxylation is 1. The third kappa shape index (κ3) is 9.51. The quantitative estimate of drug-likeness (QED) is 0.120. The number of amides is 5. The van der Waals surface area contributed by atoms with Crippen LogP contribution >= 0.6 is 11.5 Å². The lowest BCUT2D eigenvalue weighted by molar-refractivity contribution is -0.629. The molecule has 0 spiro atoms. The zero-order chi connectivity index (χ0) is 48.6. The van der Waals surface area contributed by atoms with Crippen molar-refractivity contribution in [2.24, 2.45) is 11.3 Å². The van der Waals surface area contributed by atoms with Crippen molar-refractivity contribution in [1.29, 1.82) is 0 Å². The molecule has 0 aliphatic carbocycles. The molecule has 16 nitrogen and oxygen atoms in total. The van der Waals surface area contributed by atoms with E-state index in [4.69, 9.17) is 14.5 Å². The van der Waals surface area contributed by atoms with Crippen molar-refractivity contribution >= 4 is 52.2 Å². The number of hydrazine groups is 1. The molecular formula is C50H65FN9O7S+. The summed E-state index contributed by atoms with van der Waals surface area (Å²) in [7, 11) is 3.27. The minimum absolute atomic E-state index is 0.0844. The van der Waals surface area contributed by atoms with Crippen LogP contribution in [0.3, 0.4) is 0 Å². The third-order valence-corrected chi connectivity index (χ3v) is 14.9. The van der Waals surface area contributed by atoms with Crippen LogP contribution in [0.4, 0.5) is 9.18 Å². The smallest absolute Gasteiger partial charge is 0.324 e. The molecule has 0 saturated carbocycles. The van der Waals surface area contributed by atoms with Crippen LogP contribution in [0.2, 0.25) is 0 Å². The number of rotatable bonds is 10. The number of halogens is 1. The number of esters is 1. The van der Waals surface area contributed by atoms with Gasteiger partial charge in [0.1, 0.15) is 30.3 Å². The van der Waals surface area contributed by atoms with E-state index in [-0.39, 0.29) is 49.2 Å². The molecule has 3 aromatic heterocycles. The number of methoxy groups -OCH3 is 1. The molecule has 0 radical (unpaired) electrons. The van der Waals surface area contributed by atoms with Gasteiger partial charge in [-0.05, 0) is 86.9 Å². The van der Waals surface area contributed by atoms with Gasteiger partial charge >= 0.3 is 12.0 Å². The molecule has 6 bridgehead atoms. The molecule has 4 aliphatic heterocycles. The number of likely N-dealkylation sites (tertiary alicyclic amines) is 2. The maximum atomic E-state index is 14.7. The summed E-state index contributed by atoms with van der Waals surface area (Å²) in [5, 5.41) is 7.57. The number of hydrogen-bond acceptors (Lipinski definition) is 10. The first-order valence-corrected chi connectivity index (χ1v) is 24.6. The van der Waals surface area contributed by atoms with E-state index in [0.717, 1.165) is 44.5 Å². The first-order chi connectivity index (χ1) is 32.5. The number of nitrogens with zero attached hydrogens (tertiary/aromatic N) is 7. The highest BCUT2D eigenvalue weighted by Gasteiger charge is 2.52. The van der Waals surface area contributed by atoms with Crippen LogP contribution in [0, 0.1) is 11.3 Å². The fraction of sp³-hybridized carbons (Fsp3) is 0.540. The first-order valence-electron chi connectivity index (χ1n) is 23.8. The number of benzene rings is 1. The number of carbonyl (C=O) groups excluding carboxylic acids is 5. The predicted octanol–water partition coefficient (Wildman–Crippen LogP) is 5.44. The standard InChI is InChI=1S/C50H64FN9O7S/c1-9-57-39-17-16-32-23-35(39)36(45(57)34-13-11-20-52-43(34)31(4)66-8)24-50(5,6)29-67-48(64)37-14-12-21-60(54-37)47(63)38(26-56-25-33(32)28-68-56)53-46(62)44(30(2)3)55(7)49(65)59-27-41-40(59)18-22-58(41)42(61)15-10-19-51/h10-11,13,15-17,20,23,25,28,30-31,37-38,40-41,44,54H,9,12,14,18-19,21-22,24,26-27,29H2,1-8H3/p+1/b15-10+/t31-,37-,38-,40?,41-,44-/m0/s1. The van der Waals surface area contributed by atoms with Crippen molar-refractivity contribution in [2.45, 2.75) is 117 Å². The third-order valence-electron chi connectivity index (χ3n) is 14.0. The van der Waals surface area contributed by atoms with E-state index in [0.29, 0.717) is 51.9 Å². The number of fused-ring (bicyclic) bond motifs is 7. The van der Waals surface area contributed by atoms with E-state index in [1.165, 1.54) is 33.6 Å². The topological polar surface area (TPSA) is 163 Å². The van der Waals surface area contributed by atoms with Gasteiger partial charge in [0.2, 0.25) is 11.8 Å². The van der Waals surface area contributed by atoms with Gasteiger partial charge in [0.05, 0.1) is 47.1 Å². The molecular weight excluding hydrogens is 890 g/mol. The number of urea groups is 1.